The monoisotopic (exact) mass is 344 g/mol. The van der Waals surface area contributed by atoms with E-state index in [0.29, 0.717) is 0 Å². The maximum Gasteiger partial charge on any atom is 0.0800 e. The fraction of sp³-hybridized carbons (Fsp3) is 0.467. The standard InChI is InChI=1S/C15H21IO/c1-3-4-5-6-7-11-14(17)13-10-8-9-12(2)15(13)16/h3,8-10,14,17H,1,4-7,11H2,2H3. The van der Waals surface area contributed by atoms with Crippen molar-refractivity contribution in [3.63, 3.8) is 0 Å². The second-order valence-electron chi connectivity index (χ2n) is 4.42. The van der Waals surface area contributed by atoms with Crippen molar-refractivity contribution in [2.45, 2.75) is 45.1 Å². The molecule has 1 aromatic carbocycles. The van der Waals surface area contributed by atoms with Crippen LogP contribution in [0.25, 0.3) is 0 Å². The predicted octanol–water partition coefficient (Wildman–Crippen LogP) is 4.77. The molecular weight excluding hydrogens is 323 g/mol. The van der Waals surface area contributed by atoms with Crippen molar-refractivity contribution in [1.29, 1.82) is 0 Å². The van der Waals surface area contributed by atoms with Crippen LogP contribution in [0.2, 0.25) is 0 Å². The van der Waals surface area contributed by atoms with Gasteiger partial charge in [-0.05, 0) is 59.9 Å². The van der Waals surface area contributed by atoms with E-state index in [1.165, 1.54) is 22.0 Å². The van der Waals surface area contributed by atoms with Crippen LogP contribution in [0.1, 0.15) is 49.3 Å². The van der Waals surface area contributed by atoms with E-state index in [1.807, 2.05) is 18.2 Å². The Morgan fingerprint density at radius 1 is 1.35 bits per heavy atom. The van der Waals surface area contributed by atoms with Crippen LogP contribution in [0, 0.1) is 10.5 Å². The van der Waals surface area contributed by atoms with E-state index in [1.54, 1.807) is 0 Å². The van der Waals surface area contributed by atoms with Crippen molar-refractivity contribution in [3.8, 4) is 0 Å². The van der Waals surface area contributed by atoms with E-state index < -0.39 is 0 Å². The maximum absolute atomic E-state index is 10.2. The van der Waals surface area contributed by atoms with Crippen molar-refractivity contribution in [2.24, 2.45) is 0 Å². The van der Waals surface area contributed by atoms with Gasteiger partial charge in [-0.15, -0.1) is 6.58 Å². The second-order valence-corrected chi connectivity index (χ2v) is 5.50. The van der Waals surface area contributed by atoms with Crippen LogP contribution in [0.15, 0.2) is 30.9 Å². The van der Waals surface area contributed by atoms with Gasteiger partial charge >= 0.3 is 0 Å². The van der Waals surface area contributed by atoms with Crippen LogP contribution in [-0.4, -0.2) is 5.11 Å². The van der Waals surface area contributed by atoms with E-state index in [0.717, 1.165) is 24.8 Å². The Hall–Kier alpha value is -0.350. The number of rotatable bonds is 7. The van der Waals surface area contributed by atoms with Crippen LogP contribution in [0.5, 0.6) is 0 Å². The molecule has 1 N–H and O–H groups in total. The molecule has 1 atom stereocenters. The minimum atomic E-state index is -0.314. The smallest absolute Gasteiger partial charge is 0.0800 e. The molecule has 0 bridgehead atoms. The minimum Gasteiger partial charge on any atom is -0.388 e. The van der Waals surface area contributed by atoms with Crippen molar-refractivity contribution >= 4 is 22.6 Å². The summed E-state index contributed by atoms with van der Waals surface area (Å²) in [5.74, 6) is 0. The van der Waals surface area contributed by atoms with Gasteiger partial charge in [0.15, 0.2) is 0 Å². The number of halogens is 1. The molecule has 0 saturated heterocycles. The first-order valence-corrected chi connectivity index (χ1v) is 7.28. The van der Waals surface area contributed by atoms with Crippen LogP contribution in [0.4, 0.5) is 0 Å². The summed E-state index contributed by atoms with van der Waals surface area (Å²) in [6.07, 6.45) is 7.02. The van der Waals surface area contributed by atoms with Crippen LogP contribution in [0.3, 0.4) is 0 Å². The zero-order chi connectivity index (χ0) is 12.7. The molecule has 1 rings (SSSR count). The average Bonchev–Trinajstić information content (AvgIpc) is 2.32. The number of unbranched alkanes of at least 4 members (excludes halogenated alkanes) is 3. The van der Waals surface area contributed by atoms with Crippen molar-refractivity contribution < 1.29 is 5.11 Å². The van der Waals surface area contributed by atoms with Gasteiger partial charge < -0.3 is 5.11 Å². The van der Waals surface area contributed by atoms with E-state index in [-0.39, 0.29) is 6.10 Å². The van der Waals surface area contributed by atoms with Gasteiger partial charge in [0, 0.05) is 3.57 Å². The summed E-state index contributed by atoms with van der Waals surface area (Å²) < 4.78 is 1.20. The highest BCUT2D eigenvalue weighted by Crippen LogP contribution is 2.26. The van der Waals surface area contributed by atoms with Gasteiger partial charge in [-0.1, -0.05) is 37.1 Å². The summed E-state index contributed by atoms with van der Waals surface area (Å²) in [7, 11) is 0. The lowest BCUT2D eigenvalue weighted by Crippen LogP contribution is -2.01. The molecule has 0 radical (unpaired) electrons. The molecule has 0 amide bonds. The summed E-state index contributed by atoms with van der Waals surface area (Å²) in [5.41, 5.74) is 2.32. The van der Waals surface area contributed by atoms with Crippen LogP contribution >= 0.6 is 22.6 Å². The molecule has 0 aliphatic heterocycles. The molecule has 1 aromatic rings. The quantitative estimate of drug-likeness (QED) is 0.429. The highest BCUT2D eigenvalue weighted by Gasteiger charge is 2.11. The second kappa shape index (κ2) is 7.88. The van der Waals surface area contributed by atoms with E-state index in [2.05, 4.69) is 42.2 Å². The molecular formula is C15H21IO. The molecule has 0 heterocycles. The zero-order valence-electron chi connectivity index (χ0n) is 10.5. The summed E-state index contributed by atoms with van der Waals surface area (Å²) in [4.78, 5) is 0. The zero-order valence-corrected chi connectivity index (χ0v) is 12.6. The summed E-state index contributed by atoms with van der Waals surface area (Å²) in [6, 6.07) is 6.14. The fourth-order valence-corrected chi connectivity index (χ4v) is 2.61. The van der Waals surface area contributed by atoms with Gasteiger partial charge in [0.2, 0.25) is 0 Å². The predicted molar refractivity (Wildman–Crippen MR) is 82.1 cm³/mol. The van der Waals surface area contributed by atoms with Gasteiger partial charge in [-0.25, -0.2) is 0 Å². The average molecular weight is 344 g/mol. The Morgan fingerprint density at radius 2 is 2.12 bits per heavy atom. The third kappa shape index (κ3) is 4.80. The van der Waals surface area contributed by atoms with Crippen molar-refractivity contribution in [1.82, 2.24) is 0 Å². The maximum atomic E-state index is 10.2. The molecule has 0 aromatic heterocycles. The molecule has 0 aliphatic carbocycles. The number of hydrogen-bond donors (Lipinski definition) is 1. The number of aliphatic hydroxyl groups excluding tert-OH is 1. The molecule has 1 unspecified atom stereocenters. The molecule has 2 heteroatoms. The van der Waals surface area contributed by atoms with E-state index in [9.17, 15) is 5.11 Å². The van der Waals surface area contributed by atoms with Crippen molar-refractivity contribution in [3.05, 3.63) is 45.6 Å². The van der Waals surface area contributed by atoms with Gasteiger partial charge in [0.05, 0.1) is 6.10 Å². The first kappa shape index (κ1) is 14.7. The van der Waals surface area contributed by atoms with Gasteiger partial charge in [0.1, 0.15) is 0 Å². The summed E-state index contributed by atoms with van der Waals surface area (Å²) >= 11 is 2.32. The van der Waals surface area contributed by atoms with Crippen molar-refractivity contribution in [2.75, 3.05) is 0 Å². The molecule has 17 heavy (non-hydrogen) atoms. The molecule has 0 saturated carbocycles. The third-order valence-electron chi connectivity index (χ3n) is 2.97. The number of aryl methyl sites for hydroxylation is 1. The first-order valence-electron chi connectivity index (χ1n) is 6.20. The summed E-state index contributed by atoms with van der Waals surface area (Å²) in [5, 5.41) is 10.2. The van der Waals surface area contributed by atoms with Crippen LogP contribution < -0.4 is 0 Å². The Kier molecular flexibility index (Phi) is 6.82. The Balaban J connectivity index is 2.44. The molecule has 94 valence electrons. The molecule has 0 aliphatic rings. The lowest BCUT2D eigenvalue weighted by atomic mass is 10.0. The van der Waals surface area contributed by atoms with Gasteiger partial charge in [-0.3, -0.25) is 0 Å². The molecule has 0 spiro atoms. The summed E-state index contributed by atoms with van der Waals surface area (Å²) in [6.45, 7) is 5.80. The molecule has 1 nitrogen and oxygen atoms in total. The van der Waals surface area contributed by atoms with Gasteiger partial charge in [-0.2, -0.15) is 0 Å². The number of benzene rings is 1. The Bertz CT molecular complexity index is 360. The number of allylic oxidation sites excluding steroid dienone is 1. The normalized spacial score (nSPS) is 12.4. The minimum absolute atomic E-state index is 0.314. The SMILES string of the molecule is C=CCCCCCC(O)c1cccc(C)c1I. The lowest BCUT2D eigenvalue weighted by Gasteiger charge is -2.14. The van der Waals surface area contributed by atoms with Crippen LogP contribution in [-0.2, 0) is 0 Å². The Labute approximate surface area is 118 Å². The van der Waals surface area contributed by atoms with E-state index in [4.69, 9.17) is 0 Å². The van der Waals surface area contributed by atoms with E-state index >= 15 is 0 Å². The number of hydrogen-bond acceptors (Lipinski definition) is 1. The first-order chi connectivity index (χ1) is 8.16. The third-order valence-corrected chi connectivity index (χ3v) is 4.44. The topological polar surface area (TPSA) is 20.2 Å². The largest absolute Gasteiger partial charge is 0.388 e. The highest BCUT2D eigenvalue weighted by atomic mass is 127. The van der Waals surface area contributed by atoms with Gasteiger partial charge in [0.25, 0.3) is 0 Å². The lowest BCUT2D eigenvalue weighted by molar-refractivity contribution is 0.162. The Morgan fingerprint density at radius 3 is 2.82 bits per heavy atom. The molecule has 0 fully saturated rings. The fourth-order valence-electron chi connectivity index (χ4n) is 1.89. The number of aliphatic hydroxyl groups is 1. The highest BCUT2D eigenvalue weighted by molar-refractivity contribution is 14.1.